The molecule has 2 atom stereocenters. The molecular formula is C20H27N3O5S. The molecule has 8 nitrogen and oxygen atoms in total. The van der Waals surface area contributed by atoms with Crippen LogP contribution in [0.1, 0.15) is 31.2 Å². The number of hydrogen-bond acceptors (Lipinski definition) is 7. The van der Waals surface area contributed by atoms with Gasteiger partial charge in [0.1, 0.15) is 12.2 Å². The minimum absolute atomic E-state index is 0.0818. The Hall–Kier alpha value is -2.65. The van der Waals surface area contributed by atoms with Gasteiger partial charge in [0.25, 0.3) is 0 Å². The molecule has 9 heteroatoms. The maximum atomic E-state index is 12.2. The highest BCUT2D eigenvalue weighted by molar-refractivity contribution is 7.09. The third kappa shape index (κ3) is 8.93. The van der Waals surface area contributed by atoms with Crippen LogP contribution in [-0.2, 0) is 22.5 Å². The molecule has 3 N–H and O–H groups in total. The smallest absolute Gasteiger partial charge is 0.407 e. The number of nitrogens with one attached hydrogen (secondary N) is 2. The predicted molar refractivity (Wildman–Crippen MR) is 110 cm³/mol. The summed E-state index contributed by atoms with van der Waals surface area (Å²) >= 11 is 1.38. The van der Waals surface area contributed by atoms with Crippen LogP contribution >= 0.6 is 11.3 Å². The summed E-state index contributed by atoms with van der Waals surface area (Å²) in [7, 11) is 0. The third-order valence-electron chi connectivity index (χ3n) is 3.75. The molecule has 1 aromatic heterocycles. The van der Waals surface area contributed by atoms with E-state index in [0.717, 1.165) is 10.4 Å². The van der Waals surface area contributed by atoms with Gasteiger partial charge < -0.3 is 25.2 Å². The van der Waals surface area contributed by atoms with Crippen molar-refractivity contribution in [1.29, 1.82) is 0 Å². The number of hydrogen-bond donors (Lipinski definition) is 3. The molecule has 0 fully saturated rings. The van der Waals surface area contributed by atoms with Crippen molar-refractivity contribution >= 4 is 23.5 Å². The fraction of sp³-hybridized carbons (Fsp3) is 0.450. The lowest BCUT2D eigenvalue weighted by Gasteiger charge is -2.25. The second kappa shape index (κ2) is 10.8. The molecular weight excluding hydrogens is 394 g/mol. The van der Waals surface area contributed by atoms with E-state index in [1.165, 1.54) is 11.3 Å². The quantitative estimate of drug-likeness (QED) is 0.605. The molecule has 0 unspecified atom stereocenters. The minimum Gasteiger partial charge on any atom is -0.444 e. The second-order valence-electron chi connectivity index (χ2n) is 7.43. The Bertz CT molecular complexity index is 762. The molecule has 29 heavy (non-hydrogen) atoms. The molecule has 0 aliphatic rings. The standard InChI is InChI=1S/C20H27N3O5S/c1-20(2,3)28-18(25)22-11-17(24)16(9-14-7-5-4-6-8-14)23-19(26)27-12-15-10-21-13-29-15/h4-8,10,13,16-17,24H,9,11-12H2,1-3H3,(H,22,25)(H,23,26)/t16-,17+/m0/s1. The summed E-state index contributed by atoms with van der Waals surface area (Å²) in [5.74, 6) is 0. The van der Waals surface area contributed by atoms with Crippen molar-refractivity contribution in [3.05, 3.63) is 52.5 Å². The van der Waals surface area contributed by atoms with Crippen LogP contribution in [0.25, 0.3) is 0 Å². The lowest BCUT2D eigenvalue weighted by atomic mass is 10.0. The Kier molecular flexibility index (Phi) is 8.41. The fourth-order valence-electron chi connectivity index (χ4n) is 2.44. The van der Waals surface area contributed by atoms with Crippen LogP contribution in [0.2, 0.25) is 0 Å². The monoisotopic (exact) mass is 421 g/mol. The number of benzene rings is 1. The molecule has 2 amide bonds. The number of nitrogens with zero attached hydrogens (tertiary/aromatic N) is 1. The van der Waals surface area contributed by atoms with Gasteiger partial charge in [-0.15, -0.1) is 11.3 Å². The zero-order valence-electron chi connectivity index (χ0n) is 16.8. The van der Waals surface area contributed by atoms with Crippen molar-refractivity contribution in [1.82, 2.24) is 15.6 Å². The zero-order chi connectivity index (χ0) is 21.3. The first-order valence-corrected chi connectivity index (χ1v) is 10.1. The number of aliphatic hydroxyl groups excluding tert-OH is 1. The summed E-state index contributed by atoms with van der Waals surface area (Å²) in [4.78, 5) is 28.8. The minimum atomic E-state index is -1.04. The molecule has 0 aliphatic carbocycles. The summed E-state index contributed by atoms with van der Waals surface area (Å²) < 4.78 is 10.4. The van der Waals surface area contributed by atoms with E-state index < -0.39 is 29.9 Å². The zero-order valence-corrected chi connectivity index (χ0v) is 17.6. The maximum Gasteiger partial charge on any atom is 0.407 e. The first-order chi connectivity index (χ1) is 13.7. The Morgan fingerprint density at radius 1 is 1.21 bits per heavy atom. The highest BCUT2D eigenvalue weighted by Crippen LogP contribution is 2.10. The Labute approximate surface area is 174 Å². The van der Waals surface area contributed by atoms with E-state index in [1.54, 1.807) is 32.5 Å². The van der Waals surface area contributed by atoms with Crippen LogP contribution in [0.3, 0.4) is 0 Å². The largest absolute Gasteiger partial charge is 0.444 e. The van der Waals surface area contributed by atoms with Crippen LogP contribution in [-0.4, -0.2) is 46.6 Å². The fourth-order valence-corrected chi connectivity index (χ4v) is 2.94. The maximum absolute atomic E-state index is 12.2. The number of aliphatic hydroxyl groups is 1. The summed E-state index contributed by atoms with van der Waals surface area (Å²) in [5.41, 5.74) is 1.94. The Balaban J connectivity index is 1.94. The van der Waals surface area contributed by atoms with Gasteiger partial charge in [-0.05, 0) is 32.8 Å². The van der Waals surface area contributed by atoms with E-state index in [2.05, 4.69) is 15.6 Å². The highest BCUT2D eigenvalue weighted by Gasteiger charge is 2.24. The van der Waals surface area contributed by atoms with Gasteiger partial charge in [0.05, 0.1) is 22.5 Å². The van der Waals surface area contributed by atoms with Gasteiger partial charge in [-0.25, -0.2) is 9.59 Å². The second-order valence-corrected chi connectivity index (χ2v) is 8.41. The molecule has 1 aromatic carbocycles. The SMILES string of the molecule is CC(C)(C)OC(=O)NC[C@@H](O)[C@H](Cc1ccccc1)NC(=O)OCc1cncs1. The Morgan fingerprint density at radius 3 is 2.55 bits per heavy atom. The van der Waals surface area contributed by atoms with Gasteiger partial charge in [0, 0.05) is 12.7 Å². The lowest BCUT2D eigenvalue weighted by Crippen LogP contribution is -2.50. The van der Waals surface area contributed by atoms with E-state index in [-0.39, 0.29) is 13.2 Å². The molecule has 2 rings (SSSR count). The lowest BCUT2D eigenvalue weighted by molar-refractivity contribution is 0.0469. The van der Waals surface area contributed by atoms with E-state index in [9.17, 15) is 14.7 Å². The van der Waals surface area contributed by atoms with E-state index in [1.807, 2.05) is 30.3 Å². The van der Waals surface area contributed by atoms with Crippen molar-refractivity contribution in [2.45, 2.75) is 51.5 Å². The third-order valence-corrected chi connectivity index (χ3v) is 4.50. The van der Waals surface area contributed by atoms with Gasteiger partial charge in [-0.1, -0.05) is 30.3 Å². The number of thiazole rings is 1. The average Bonchev–Trinajstić information content (AvgIpc) is 3.17. The topological polar surface area (TPSA) is 110 Å². The number of aromatic nitrogens is 1. The summed E-state index contributed by atoms with van der Waals surface area (Å²) in [6.45, 7) is 5.27. The van der Waals surface area contributed by atoms with Crippen LogP contribution in [0.15, 0.2) is 42.0 Å². The molecule has 0 radical (unpaired) electrons. The van der Waals surface area contributed by atoms with E-state index in [0.29, 0.717) is 6.42 Å². The van der Waals surface area contributed by atoms with Crippen LogP contribution < -0.4 is 10.6 Å². The molecule has 1 heterocycles. The summed E-state index contributed by atoms with van der Waals surface area (Å²) in [6, 6.07) is 8.76. The highest BCUT2D eigenvalue weighted by atomic mass is 32.1. The normalized spacial score (nSPS) is 13.2. The number of carbonyl (C=O) groups excluding carboxylic acids is 2. The molecule has 0 spiro atoms. The molecule has 0 saturated carbocycles. The van der Waals surface area contributed by atoms with Crippen molar-refractivity contribution in [3.8, 4) is 0 Å². The number of ether oxygens (including phenoxy) is 2. The number of alkyl carbamates (subject to hydrolysis) is 2. The molecule has 0 aliphatic heterocycles. The Morgan fingerprint density at radius 2 is 1.93 bits per heavy atom. The summed E-state index contributed by atoms with van der Waals surface area (Å²) in [6.07, 6.45) is -0.343. The van der Waals surface area contributed by atoms with Gasteiger partial charge in [-0.2, -0.15) is 0 Å². The number of carbonyl (C=O) groups is 2. The van der Waals surface area contributed by atoms with Crippen LogP contribution in [0.4, 0.5) is 9.59 Å². The molecule has 0 saturated heterocycles. The van der Waals surface area contributed by atoms with Crippen molar-refractivity contribution in [2.75, 3.05) is 6.54 Å². The van der Waals surface area contributed by atoms with Gasteiger partial charge in [0.2, 0.25) is 0 Å². The summed E-state index contributed by atoms with van der Waals surface area (Å²) in [5, 5.41) is 15.8. The molecule has 2 aromatic rings. The first-order valence-electron chi connectivity index (χ1n) is 9.22. The van der Waals surface area contributed by atoms with E-state index >= 15 is 0 Å². The van der Waals surface area contributed by atoms with Crippen LogP contribution in [0, 0.1) is 0 Å². The predicted octanol–water partition coefficient (Wildman–Crippen LogP) is 2.87. The van der Waals surface area contributed by atoms with Crippen molar-refractivity contribution < 1.29 is 24.2 Å². The number of rotatable bonds is 8. The van der Waals surface area contributed by atoms with Crippen LogP contribution in [0.5, 0.6) is 0 Å². The van der Waals surface area contributed by atoms with Crippen molar-refractivity contribution in [2.24, 2.45) is 0 Å². The average molecular weight is 422 g/mol. The van der Waals surface area contributed by atoms with Gasteiger partial charge in [-0.3, -0.25) is 4.98 Å². The molecule has 0 bridgehead atoms. The molecule has 158 valence electrons. The van der Waals surface area contributed by atoms with Crippen molar-refractivity contribution in [3.63, 3.8) is 0 Å². The van der Waals surface area contributed by atoms with E-state index in [4.69, 9.17) is 9.47 Å². The first kappa shape index (κ1) is 22.6. The van der Waals surface area contributed by atoms with Gasteiger partial charge >= 0.3 is 12.2 Å². The van der Waals surface area contributed by atoms with Gasteiger partial charge in [0.15, 0.2) is 0 Å². The number of amides is 2.